The maximum atomic E-state index is 15.4. The number of hydrogen-bond acceptors (Lipinski definition) is 4. The highest BCUT2D eigenvalue weighted by Crippen LogP contribution is 2.28. The number of halogens is 2. The van der Waals surface area contributed by atoms with Crippen molar-refractivity contribution in [2.45, 2.75) is 50.6 Å². The van der Waals surface area contributed by atoms with E-state index in [1.807, 2.05) is 31.2 Å². The van der Waals surface area contributed by atoms with Gasteiger partial charge in [0.25, 0.3) is 5.56 Å². The zero-order chi connectivity index (χ0) is 23.8. The standard InChI is InChI=1S/C25H30FN3O3S.ClH/c1-17(2)20-10-8-19(9-11-20)15-28-16-22(26)24-21(25(28)30)6-4-7-23(24)33(31,32)29-13-5-12-27-14-18(29)3;/h4,6-11,16-18,27H,5,12-15H2,1-3H3;1H/t18-;/m1./s1. The van der Waals surface area contributed by atoms with Crippen molar-refractivity contribution in [3.63, 3.8) is 0 Å². The average Bonchev–Trinajstić information content (AvgIpc) is 3.02. The maximum absolute atomic E-state index is 15.4. The molecule has 1 aliphatic rings. The molecule has 0 saturated carbocycles. The van der Waals surface area contributed by atoms with Crippen molar-refractivity contribution >= 4 is 33.2 Å². The first-order valence-corrected chi connectivity index (χ1v) is 12.8. The predicted molar refractivity (Wildman–Crippen MR) is 136 cm³/mol. The summed E-state index contributed by atoms with van der Waals surface area (Å²) in [5.41, 5.74) is 1.64. The Morgan fingerprint density at radius 3 is 2.53 bits per heavy atom. The monoisotopic (exact) mass is 507 g/mol. The van der Waals surface area contributed by atoms with Crippen LogP contribution < -0.4 is 10.9 Å². The molecule has 6 nitrogen and oxygen atoms in total. The van der Waals surface area contributed by atoms with E-state index < -0.39 is 21.4 Å². The van der Waals surface area contributed by atoms with Crippen LogP contribution in [0, 0.1) is 5.82 Å². The van der Waals surface area contributed by atoms with Gasteiger partial charge >= 0.3 is 0 Å². The van der Waals surface area contributed by atoms with Gasteiger partial charge in [0.1, 0.15) is 5.82 Å². The Labute approximate surface area is 206 Å². The molecule has 0 unspecified atom stereocenters. The molecule has 0 bridgehead atoms. The van der Waals surface area contributed by atoms with Gasteiger partial charge in [-0.2, -0.15) is 4.31 Å². The molecule has 184 valence electrons. The molecular formula is C25H31ClFN3O3S. The highest BCUT2D eigenvalue weighted by molar-refractivity contribution is 7.89. The molecule has 0 radical (unpaired) electrons. The van der Waals surface area contributed by atoms with Gasteiger partial charge in [0, 0.05) is 30.7 Å². The lowest BCUT2D eigenvalue weighted by molar-refractivity contribution is 0.353. The molecule has 1 aromatic heterocycles. The van der Waals surface area contributed by atoms with E-state index in [1.165, 1.54) is 32.6 Å². The van der Waals surface area contributed by atoms with Crippen LogP contribution in [0.5, 0.6) is 0 Å². The quantitative estimate of drug-likeness (QED) is 0.564. The molecule has 0 amide bonds. The fourth-order valence-corrected chi connectivity index (χ4v) is 6.27. The minimum atomic E-state index is -3.98. The molecule has 1 N–H and O–H groups in total. The third-order valence-corrected chi connectivity index (χ3v) is 8.33. The van der Waals surface area contributed by atoms with Crippen molar-refractivity contribution in [1.29, 1.82) is 0 Å². The number of nitrogens with zero attached hydrogens (tertiary/aromatic N) is 2. The van der Waals surface area contributed by atoms with E-state index in [-0.39, 0.29) is 40.7 Å². The fourth-order valence-electron chi connectivity index (χ4n) is 4.38. The van der Waals surface area contributed by atoms with Crippen LogP contribution in [0.4, 0.5) is 4.39 Å². The number of rotatable bonds is 5. The number of aromatic nitrogens is 1. The van der Waals surface area contributed by atoms with E-state index in [0.717, 1.165) is 18.3 Å². The molecule has 2 heterocycles. The van der Waals surface area contributed by atoms with E-state index in [9.17, 15) is 13.2 Å². The second-order valence-electron chi connectivity index (χ2n) is 9.01. The summed E-state index contributed by atoms with van der Waals surface area (Å²) in [6.07, 6.45) is 1.78. The minimum Gasteiger partial charge on any atom is -0.315 e. The van der Waals surface area contributed by atoms with Crippen molar-refractivity contribution in [1.82, 2.24) is 14.2 Å². The second kappa shape index (κ2) is 10.6. The van der Waals surface area contributed by atoms with Crippen LogP contribution in [0.3, 0.4) is 0 Å². The van der Waals surface area contributed by atoms with Crippen molar-refractivity contribution in [3.8, 4) is 0 Å². The summed E-state index contributed by atoms with van der Waals surface area (Å²) in [6, 6.07) is 12.0. The zero-order valence-electron chi connectivity index (χ0n) is 19.6. The Morgan fingerprint density at radius 2 is 1.85 bits per heavy atom. The van der Waals surface area contributed by atoms with Gasteiger partial charge in [-0.05, 0) is 49.1 Å². The van der Waals surface area contributed by atoms with E-state index in [1.54, 1.807) is 0 Å². The van der Waals surface area contributed by atoms with Gasteiger partial charge in [-0.3, -0.25) is 4.79 Å². The number of benzene rings is 2. The highest BCUT2D eigenvalue weighted by atomic mass is 35.5. The first-order valence-electron chi connectivity index (χ1n) is 11.3. The Kier molecular flexibility index (Phi) is 8.18. The zero-order valence-corrected chi connectivity index (χ0v) is 21.3. The van der Waals surface area contributed by atoms with Crippen LogP contribution in [0.15, 0.2) is 58.4 Å². The van der Waals surface area contributed by atoms with Crippen molar-refractivity contribution in [2.75, 3.05) is 19.6 Å². The maximum Gasteiger partial charge on any atom is 0.258 e. The van der Waals surface area contributed by atoms with Gasteiger partial charge in [-0.25, -0.2) is 12.8 Å². The lowest BCUT2D eigenvalue weighted by Crippen LogP contribution is -2.41. The molecule has 1 aliphatic heterocycles. The van der Waals surface area contributed by atoms with Crippen molar-refractivity contribution in [3.05, 3.63) is 76.0 Å². The van der Waals surface area contributed by atoms with Gasteiger partial charge in [0.15, 0.2) is 0 Å². The summed E-state index contributed by atoms with van der Waals surface area (Å²) in [5, 5.41) is 3.14. The molecule has 2 aromatic carbocycles. The van der Waals surface area contributed by atoms with E-state index in [4.69, 9.17) is 0 Å². The van der Waals surface area contributed by atoms with Crippen LogP contribution in [-0.2, 0) is 16.6 Å². The van der Waals surface area contributed by atoms with Crippen LogP contribution in [0.2, 0.25) is 0 Å². The summed E-state index contributed by atoms with van der Waals surface area (Å²) < 4.78 is 45.1. The average molecular weight is 508 g/mol. The van der Waals surface area contributed by atoms with Crippen LogP contribution in [0.1, 0.15) is 44.2 Å². The van der Waals surface area contributed by atoms with Crippen LogP contribution in [-0.4, -0.2) is 43.0 Å². The largest absolute Gasteiger partial charge is 0.315 e. The smallest absolute Gasteiger partial charge is 0.258 e. The van der Waals surface area contributed by atoms with Gasteiger partial charge in [-0.15, -0.1) is 12.4 Å². The molecule has 4 rings (SSSR count). The number of pyridine rings is 1. The van der Waals surface area contributed by atoms with E-state index in [2.05, 4.69) is 19.2 Å². The lowest BCUT2D eigenvalue weighted by atomic mass is 10.0. The molecule has 1 atom stereocenters. The predicted octanol–water partition coefficient (Wildman–Crippen LogP) is 4.11. The second-order valence-corrected chi connectivity index (χ2v) is 10.9. The Hall–Kier alpha value is -2.26. The molecule has 0 aliphatic carbocycles. The lowest BCUT2D eigenvalue weighted by Gasteiger charge is -2.26. The summed E-state index contributed by atoms with van der Waals surface area (Å²) in [5.74, 6) is -0.328. The first kappa shape index (κ1) is 26.3. The van der Waals surface area contributed by atoms with Crippen LogP contribution >= 0.6 is 12.4 Å². The van der Waals surface area contributed by atoms with Gasteiger partial charge in [-0.1, -0.05) is 44.2 Å². The van der Waals surface area contributed by atoms with Gasteiger partial charge in [0.2, 0.25) is 10.0 Å². The van der Waals surface area contributed by atoms with Crippen molar-refractivity contribution < 1.29 is 12.8 Å². The molecule has 34 heavy (non-hydrogen) atoms. The number of sulfonamides is 1. The molecule has 3 aromatic rings. The highest BCUT2D eigenvalue weighted by Gasteiger charge is 2.32. The SMILES string of the molecule is CC(C)c1ccc(Cn2cc(F)c3c(S(=O)(=O)N4CCCNC[C@H]4C)cccc3c2=O)cc1.Cl. The number of hydrogen-bond donors (Lipinski definition) is 1. The summed E-state index contributed by atoms with van der Waals surface area (Å²) in [7, 11) is -3.98. The summed E-state index contributed by atoms with van der Waals surface area (Å²) in [4.78, 5) is 13.1. The Bertz CT molecular complexity index is 1320. The van der Waals surface area contributed by atoms with E-state index in [0.29, 0.717) is 25.4 Å². The molecule has 1 fully saturated rings. The summed E-state index contributed by atoms with van der Waals surface area (Å²) in [6.45, 7) is 7.83. The summed E-state index contributed by atoms with van der Waals surface area (Å²) >= 11 is 0. The van der Waals surface area contributed by atoms with Gasteiger partial charge in [0.05, 0.1) is 16.8 Å². The topological polar surface area (TPSA) is 71.4 Å². The third kappa shape index (κ3) is 5.05. The third-order valence-electron chi connectivity index (χ3n) is 6.27. The Morgan fingerprint density at radius 1 is 1.15 bits per heavy atom. The van der Waals surface area contributed by atoms with E-state index >= 15 is 4.39 Å². The van der Waals surface area contributed by atoms with Crippen LogP contribution in [0.25, 0.3) is 10.8 Å². The minimum absolute atomic E-state index is 0. The molecule has 9 heteroatoms. The molecular weight excluding hydrogens is 477 g/mol. The normalized spacial score (nSPS) is 17.5. The fraction of sp³-hybridized carbons (Fsp3) is 0.400. The van der Waals surface area contributed by atoms with Crippen molar-refractivity contribution in [2.24, 2.45) is 0 Å². The first-order chi connectivity index (χ1) is 15.7. The molecule has 0 spiro atoms. The number of fused-ring (bicyclic) bond motifs is 1. The number of nitrogens with one attached hydrogen (secondary N) is 1. The van der Waals surface area contributed by atoms with Gasteiger partial charge < -0.3 is 9.88 Å². The molecule has 1 saturated heterocycles. The Balaban J connectivity index is 0.00000324.